The Labute approximate surface area is 162 Å². The zero-order valence-electron chi connectivity index (χ0n) is 16.5. The summed E-state index contributed by atoms with van der Waals surface area (Å²) in [7, 11) is 3.08. The Morgan fingerprint density at radius 2 is 1.61 bits per heavy atom. The van der Waals surface area contributed by atoms with Crippen molar-refractivity contribution in [1.82, 2.24) is 0 Å². The molecule has 6 nitrogen and oxygen atoms in total. The topological polar surface area (TPSA) is 75.0 Å². The Morgan fingerprint density at radius 3 is 2.25 bits per heavy atom. The lowest BCUT2D eigenvalue weighted by Crippen LogP contribution is -2.25. The molecule has 0 bridgehead atoms. The second kappa shape index (κ2) is 7.38. The summed E-state index contributed by atoms with van der Waals surface area (Å²) in [6, 6.07) is 11.9. The Morgan fingerprint density at radius 1 is 0.893 bits per heavy atom. The summed E-state index contributed by atoms with van der Waals surface area (Å²) in [5.41, 5.74) is 0.147. The van der Waals surface area contributed by atoms with Crippen molar-refractivity contribution >= 4 is 16.9 Å². The van der Waals surface area contributed by atoms with Gasteiger partial charge in [0.05, 0.1) is 25.2 Å². The molecule has 0 N–H and O–H groups in total. The molecule has 1 heterocycles. The third kappa shape index (κ3) is 3.86. The van der Waals surface area contributed by atoms with Crippen LogP contribution >= 0.6 is 0 Å². The molecule has 0 spiro atoms. The minimum atomic E-state index is -0.634. The maximum Gasteiger partial charge on any atom is 0.344 e. The highest BCUT2D eigenvalue weighted by Crippen LogP contribution is 2.33. The molecule has 0 saturated heterocycles. The molecule has 0 aliphatic heterocycles. The van der Waals surface area contributed by atoms with E-state index in [0.717, 1.165) is 0 Å². The predicted molar refractivity (Wildman–Crippen MR) is 106 cm³/mol. The molecule has 0 atom stereocenters. The molecule has 0 amide bonds. The highest BCUT2D eigenvalue weighted by Gasteiger charge is 2.24. The van der Waals surface area contributed by atoms with E-state index in [2.05, 4.69) is 0 Å². The monoisotopic (exact) mass is 382 g/mol. The number of ether oxygens (including phenoxy) is 3. The van der Waals surface area contributed by atoms with Gasteiger partial charge < -0.3 is 18.6 Å². The van der Waals surface area contributed by atoms with Crippen LogP contribution in [0.25, 0.3) is 22.1 Å². The highest BCUT2D eigenvalue weighted by atomic mass is 16.5. The van der Waals surface area contributed by atoms with Gasteiger partial charge in [-0.1, -0.05) is 0 Å². The molecule has 146 valence electrons. The minimum absolute atomic E-state index is 0.324. The van der Waals surface area contributed by atoms with Crippen LogP contribution in [0.15, 0.2) is 51.7 Å². The minimum Gasteiger partial charge on any atom is -0.497 e. The molecule has 28 heavy (non-hydrogen) atoms. The van der Waals surface area contributed by atoms with E-state index in [1.165, 1.54) is 13.2 Å². The summed E-state index contributed by atoms with van der Waals surface area (Å²) in [4.78, 5) is 24.6. The van der Waals surface area contributed by atoms with Crippen LogP contribution in [0.1, 0.15) is 20.8 Å². The maximum atomic E-state index is 12.6. The van der Waals surface area contributed by atoms with Crippen molar-refractivity contribution in [2.24, 2.45) is 5.41 Å². The van der Waals surface area contributed by atoms with E-state index in [4.69, 9.17) is 18.6 Å². The average Bonchev–Trinajstić information content (AvgIpc) is 2.66. The van der Waals surface area contributed by atoms with Gasteiger partial charge in [-0.3, -0.25) is 4.79 Å². The first-order valence-corrected chi connectivity index (χ1v) is 8.75. The zero-order chi connectivity index (χ0) is 20.5. The standard InChI is InChI=1S/C22H22O6/c1-22(2,3)21(24)27-15-7-6-13-10-17(20(23)28-18(13)12-15)16-9-8-14(25-4)11-19(16)26-5/h6-12H,1-5H3. The molecule has 0 unspecified atom stereocenters. The van der Waals surface area contributed by atoms with E-state index >= 15 is 0 Å². The number of methoxy groups -OCH3 is 2. The Hall–Kier alpha value is -3.28. The Bertz CT molecular complexity index is 1090. The van der Waals surface area contributed by atoms with Crippen molar-refractivity contribution in [3.63, 3.8) is 0 Å². The SMILES string of the molecule is COc1ccc(-c2cc3ccc(OC(=O)C(C)(C)C)cc3oc2=O)c(OC)c1. The first kappa shape index (κ1) is 19.5. The van der Waals surface area contributed by atoms with E-state index in [9.17, 15) is 9.59 Å². The third-order valence-electron chi connectivity index (χ3n) is 4.23. The van der Waals surface area contributed by atoms with Gasteiger partial charge in [-0.2, -0.15) is 0 Å². The molecule has 3 aromatic rings. The summed E-state index contributed by atoms with van der Waals surface area (Å²) in [5.74, 6) is 1.08. The van der Waals surface area contributed by atoms with Gasteiger partial charge in [0, 0.05) is 23.1 Å². The van der Waals surface area contributed by atoms with Gasteiger partial charge in [0.15, 0.2) is 0 Å². The summed E-state index contributed by atoms with van der Waals surface area (Å²) < 4.78 is 21.4. The normalized spacial score (nSPS) is 11.3. The number of esters is 1. The lowest BCUT2D eigenvalue weighted by molar-refractivity contribution is -0.142. The van der Waals surface area contributed by atoms with Gasteiger partial charge in [0.25, 0.3) is 0 Å². The van der Waals surface area contributed by atoms with E-state index in [-0.39, 0.29) is 5.97 Å². The molecule has 3 rings (SSSR count). The van der Waals surface area contributed by atoms with E-state index in [1.807, 2.05) is 0 Å². The summed E-state index contributed by atoms with van der Waals surface area (Å²) in [6.07, 6.45) is 0. The zero-order valence-corrected chi connectivity index (χ0v) is 16.5. The second-order valence-electron chi connectivity index (χ2n) is 7.35. The van der Waals surface area contributed by atoms with Crippen molar-refractivity contribution in [1.29, 1.82) is 0 Å². The number of hydrogen-bond acceptors (Lipinski definition) is 6. The van der Waals surface area contributed by atoms with Crippen molar-refractivity contribution in [2.75, 3.05) is 14.2 Å². The van der Waals surface area contributed by atoms with Crippen molar-refractivity contribution in [3.05, 3.63) is 52.9 Å². The van der Waals surface area contributed by atoms with Crippen molar-refractivity contribution < 1.29 is 23.4 Å². The number of carbonyl (C=O) groups excluding carboxylic acids is 1. The maximum absolute atomic E-state index is 12.6. The Balaban J connectivity index is 2.04. The van der Waals surface area contributed by atoms with Gasteiger partial charge in [-0.15, -0.1) is 0 Å². The van der Waals surface area contributed by atoms with Crippen LogP contribution < -0.4 is 19.8 Å². The summed E-state index contributed by atoms with van der Waals surface area (Å²) in [6.45, 7) is 5.31. The Kier molecular flexibility index (Phi) is 5.14. The van der Waals surface area contributed by atoms with E-state index in [1.54, 1.807) is 64.3 Å². The smallest absolute Gasteiger partial charge is 0.344 e. The molecule has 0 aliphatic rings. The average molecular weight is 382 g/mol. The highest BCUT2D eigenvalue weighted by molar-refractivity contribution is 5.85. The van der Waals surface area contributed by atoms with Crippen molar-refractivity contribution in [2.45, 2.75) is 20.8 Å². The van der Waals surface area contributed by atoms with E-state index < -0.39 is 11.0 Å². The molecular formula is C22H22O6. The summed E-state index contributed by atoms with van der Waals surface area (Å²) in [5, 5.41) is 0.697. The largest absolute Gasteiger partial charge is 0.497 e. The predicted octanol–water partition coefficient (Wildman–Crippen LogP) is 4.43. The van der Waals surface area contributed by atoms with Crippen LogP contribution in [0, 0.1) is 5.41 Å². The first-order valence-electron chi connectivity index (χ1n) is 8.75. The van der Waals surface area contributed by atoms with Crippen LogP contribution in [0.2, 0.25) is 0 Å². The number of carbonyl (C=O) groups is 1. The van der Waals surface area contributed by atoms with Crippen LogP contribution in [0.4, 0.5) is 0 Å². The molecule has 0 fully saturated rings. The molecule has 2 aromatic carbocycles. The second-order valence-corrected chi connectivity index (χ2v) is 7.35. The van der Waals surface area contributed by atoms with Crippen molar-refractivity contribution in [3.8, 4) is 28.4 Å². The number of fused-ring (bicyclic) bond motifs is 1. The molecule has 0 aliphatic carbocycles. The van der Waals surface area contributed by atoms with E-state index in [0.29, 0.717) is 39.3 Å². The third-order valence-corrected chi connectivity index (χ3v) is 4.23. The van der Waals surface area contributed by atoms with Gasteiger partial charge in [-0.05, 0) is 51.1 Å². The lowest BCUT2D eigenvalue weighted by Gasteiger charge is -2.16. The van der Waals surface area contributed by atoms with Gasteiger partial charge >= 0.3 is 11.6 Å². The molecule has 0 radical (unpaired) electrons. The van der Waals surface area contributed by atoms with Crippen LogP contribution in [0.3, 0.4) is 0 Å². The lowest BCUT2D eigenvalue weighted by atomic mass is 9.97. The first-order chi connectivity index (χ1) is 13.2. The molecular weight excluding hydrogens is 360 g/mol. The number of hydrogen-bond donors (Lipinski definition) is 0. The molecule has 0 saturated carbocycles. The summed E-state index contributed by atoms with van der Waals surface area (Å²) >= 11 is 0. The van der Waals surface area contributed by atoms with Crippen LogP contribution in [-0.4, -0.2) is 20.2 Å². The van der Waals surface area contributed by atoms with Gasteiger partial charge in [0.2, 0.25) is 0 Å². The fourth-order valence-corrected chi connectivity index (χ4v) is 2.62. The molecule has 1 aromatic heterocycles. The van der Waals surface area contributed by atoms with Crippen LogP contribution in [-0.2, 0) is 4.79 Å². The fourth-order valence-electron chi connectivity index (χ4n) is 2.62. The molecule has 6 heteroatoms. The quantitative estimate of drug-likeness (QED) is 0.378. The van der Waals surface area contributed by atoms with Crippen LogP contribution in [0.5, 0.6) is 17.2 Å². The van der Waals surface area contributed by atoms with Gasteiger partial charge in [-0.25, -0.2) is 4.79 Å². The number of benzene rings is 2. The fraction of sp³-hybridized carbons (Fsp3) is 0.273. The number of rotatable bonds is 4. The van der Waals surface area contributed by atoms with Gasteiger partial charge in [0.1, 0.15) is 22.8 Å².